The summed E-state index contributed by atoms with van der Waals surface area (Å²) in [5.74, 6) is -3.16. The highest BCUT2D eigenvalue weighted by atomic mass is 19.4. The molecule has 0 spiro atoms. The van der Waals surface area contributed by atoms with E-state index in [1.807, 2.05) is 13.0 Å². The van der Waals surface area contributed by atoms with Crippen LogP contribution >= 0.6 is 0 Å². The lowest BCUT2D eigenvalue weighted by molar-refractivity contribution is -0.352. The monoisotopic (exact) mass is 272 g/mol. The van der Waals surface area contributed by atoms with Crippen molar-refractivity contribution in [2.45, 2.75) is 31.7 Å². The molecule has 1 N–H and O–H groups in total. The van der Waals surface area contributed by atoms with E-state index >= 15 is 0 Å². The number of rotatable bonds is 1. The Bertz CT molecular complexity index is 494. The van der Waals surface area contributed by atoms with Gasteiger partial charge in [-0.2, -0.15) is 13.2 Å². The van der Waals surface area contributed by atoms with Crippen molar-refractivity contribution in [3.05, 3.63) is 41.0 Å². The molecule has 104 valence electrons. The van der Waals surface area contributed by atoms with E-state index in [0.29, 0.717) is 12.0 Å². The molecule has 0 saturated carbocycles. The van der Waals surface area contributed by atoms with Gasteiger partial charge in [0.15, 0.2) is 0 Å². The van der Waals surface area contributed by atoms with Gasteiger partial charge in [-0.05, 0) is 30.9 Å². The lowest BCUT2D eigenvalue weighted by Crippen LogP contribution is -2.51. The zero-order valence-corrected chi connectivity index (χ0v) is 10.5. The van der Waals surface area contributed by atoms with Crippen LogP contribution in [-0.4, -0.2) is 23.7 Å². The van der Waals surface area contributed by atoms with Gasteiger partial charge in [0.05, 0.1) is 6.61 Å². The zero-order chi connectivity index (χ0) is 14.1. The molecular weight excluding hydrogens is 257 g/mol. The van der Waals surface area contributed by atoms with Crippen LogP contribution in [0.3, 0.4) is 0 Å². The molecular formula is C14H15F3O2. The largest absolute Gasteiger partial charge is 0.447 e. The van der Waals surface area contributed by atoms with Crippen molar-refractivity contribution in [2.75, 3.05) is 6.61 Å². The van der Waals surface area contributed by atoms with Crippen LogP contribution in [0.15, 0.2) is 29.8 Å². The number of hydrogen-bond acceptors (Lipinski definition) is 2. The summed E-state index contributed by atoms with van der Waals surface area (Å²) in [5.41, 5.74) is 1.43. The molecule has 1 atom stereocenters. The molecule has 2 rings (SSSR count). The van der Waals surface area contributed by atoms with Crippen LogP contribution in [0.2, 0.25) is 0 Å². The summed E-state index contributed by atoms with van der Waals surface area (Å²) in [4.78, 5) is 0. The number of benzene rings is 1. The molecule has 1 aromatic rings. The quantitative estimate of drug-likeness (QED) is 0.848. The van der Waals surface area contributed by atoms with Crippen LogP contribution < -0.4 is 0 Å². The minimum atomic E-state index is -4.83. The molecule has 1 aliphatic heterocycles. The number of aryl methyl sites for hydroxylation is 1. The molecule has 0 aromatic heterocycles. The maximum Gasteiger partial charge on any atom is 0.447 e. The van der Waals surface area contributed by atoms with Gasteiger partial charge in [-0.25, -0.2) is 0 Å². The van der Waals surface area contributed by atoms with Gasteiger partial charge in [0.1, 0.15) is 0 Å². The van der Waals surface area contributed by atoms with Gasteiger partial charge >= 0.3 is 6.18 Å². The molecule has 1 unspecified atom stereocenters. The first-order chi connectivity index (χ1) is 8.83. The minimum absolute atomic E-state index is 0.0961. The Kier molecular flexibility index (Phi) is 3.69. The molecule has 1 aliphatic rings. The molecule has 1 fully saturated rings. The molecule has 0 amide bonds. The first-order valence-corrected chi connectivity index (χ1v) is 6.04. The molecule has 5 heteroatoms. The SMILES string of the molecule is Cc1cccc(/C=C2\CCCOC2(O)C(F)(F)F)c1. The summed E-state index contributed by atoms with van der Waals surface area (Å²) in [6.45, 7) is 1.76. The highest BCUT2D eigenvalue weighted by Gasteiger charge is 2.58. The van der Waals surface area contributed by atoms with E-state index in [2.05, 4.69) is 4.74 Å². The molecule has 1 saturated heterocycles. The molecule has 1 aromatic carbocycles. The van der Waals surface area contributed by atoms with Crippen molar-refractivity contribution in [1.29, 1.82) is 0 Å². The van der Waals surface area contributed by atoms with Crippen molar-refractivity contribution in [2.24, 2.45) is 0 Å². The highest BCUT2D eigenvalue weighted by Crippen LogP contribution is 2.42. The topological polar surface area (TPSA) is 29.5 Å². The molecule has 0 bridgehead atoms. The van der Waals surface area contributed by atoms with Crippen molar-refractivity contribution < 1.29 is 23.0 Å². The third kappa shape index (κ3) is 2.82. The van der Waals surface area contributed by atoms with Gasteiger partial charge in [-0.1, -0.05) is 35.9 Å². The summed E-state index contributed by atoms with van der Waals surface area (Å²) in [5, 5.41) is 9.78. The highest BCUT2D eigenvalue weighted by molar-refractivity contribution is 5.56. The van der Waals surface area contributed by atoms with Crippen molar-refractivity contribution in [3.8, 4) is 0 Å². The fourth-order valence-electron chi connectivity index (χ4n) is 2.14. The molecule has 19 heavy (non-hydrogen) atoms. The summed E-state index contributed by atoms with van der Waals surface area (Å²) >= 11 is 0. The maximum absolute atomic E-state index is 12.9. The first-order valence-electron chi connectivity index (χ1n) is 6.04. The van der Waals surface area contributed by atoms with Crippen LogP contribution in [-0.2, 0) is 4.74 Å². The fourth-order valence-corrected chi connectivity index (χ4v) is 2.14. The summed E-state index contributed by atoms with van der Waals surface area (Å²) < 4.78 is 43.4. The Balaban J connectivity index is 2.40. The van der Waals surface area contributed by atoms with Gasteiger partial charge in [-0.3, -0.25) is 0 Å². The number of hydrogen-bond donors (Lipinski definition) is 1. The van der Waals surface area contributed by atoms with E-state index in [9.17, 15) is 18.3 Å². The van der Waals surface area contributed by atoms with Crippen molar-refractivity contribution in [3.63, 3.8) is 0 Å². The lowest BCUT2D eigenvalue weighted by atomic mass is 9.95. The van der Waals surface area contributed by atoms with Gasteiger partial charge in [0.2, 0.25) is 0 Å². The summed E-state index contributed by atoms with van der Waals surface area (Å²) in [6.07, 6.45) is -2.83. The van der Waals surface area contributed by atoms with Crippen molar-refractivity contribution >= 4 is 6.08 Å². The summed E-state index contributed by atoms with van der Waals surface area (Å²) in [7, 11) is 0. The number of aliphatic hydroxyl groups is 1. The average molecular weight is 272 g/mol. The lowest BCUT2D eigenvalue weighted by Gasteiger charge is -2.36. The van der Waals surface area contributed by atoms with E-state index in [4.69, 9.17) is 0 Å². The van der Waals surface area contributed by atoms with Crippen LogP contribution in [0, 0.1) is 6.92 Å². The molecule has 1 heterocycles. The number of alkyl halides is 3. The van der Waals surface area contributed by atoms with Crippen LogP contribution in [0.1, 0.15) is 24.0 Å². The Morgan fingerprint density at radius 3 is 2.74 bits per heavy atom. The Morgan fingerprint density at radius 2 is 2.11 bits per heavy atom. The Morgan fingerprint density at radius 1 is 1.37 bits per heavy atom. The predicted molar refractivity (Wildman–Crippen MR) is 65.3 cm³/mol. The van der Waals surface area contributed by atoms with Gasteiger partial charge in [-0.15, -0.1) is 0 Å². The fraction of sp³-hybridized carbons (Fsp3) is 0.429. The van der Waals surface area contributed by atoms with E-state index in [0.717, 1.165) is 5.56 Å². The van der Waals surface area contributed by atoms with Crippen LogP contribution in [0.25, 0.3) is 6.08 Å². The Labute approximate surface area is 109 Å². The summed E-state index contributed by atoms with van der Waals surface area (Å²) in [6, 6.07) is 7.08. The maximum atomic E-state index is 12.9. The van der Waals surface area contributed by atoms with Crippen LogP contribution in [0.5, 0.6) is 0 Å². The normalized spacial score (nSPS) is 26.7. The Hall–Kier alpha value is -1.33. The molecule has 2 nitrogen and oxygen atoms in total. The zero-order valence-electron chi connectivity index (χ0n) is 10.5. The second-order valence-electron chi connectivity index (χ2n) is 4.68. The van der Waals surface area contributed by atoms with E-state index in [-0.39, 0.29) is 18.6 Å². The first kappa shape index (κ1) is 14.1. The van der Waals surface area contributed by atoms with E-state index in [1.165, 1.54) is 6.08 Å². The molecule has 0 radical (unpaired) electrons. The second-order valence-corrected chi connectivity index (χ2v) is 4.68. The smallest absolute Gasteiger partial charge is 0.355 e. The predicted octanol–water partition coefficient (Wildman–Crippen LogP) is 3.44. The van der Waals surface area contributed by atoms with Gasteiger partial charge in [0, 0.05) is 0 Å². The second kappa shape index (κ2) is 4.98. The van der Waals surface area contributed by atoms with Crippen molar-refractivity contribution in [1.82, 2.24) is 0 Å². The third-order valence-corrected chi connectivity index (χ3v) is 3.10. The number of halogens is 3. The average Bonchev–Trinajstić information content (AvgIpc) is 2.31. The number of ether oxygens (including phenoxy) is 1. The third-order valence-electron chi connectivity index (χ3n) is 3.10. The molecule has 0 aliphatic carbocycles. The minimum Gasteiger partial charge on any atom is -0.355 e. The standard InChI is InChI=1S/C14H15F3O2/c1-10-4-2-5-11(8-10)9-12-6-3-7-19-13(12,18)14(15,16)17/h2,4-5,8-9,18H,3,6-7H2,1H3/b12-9+. The van der Waals surface area contributed by atoms with Gasteiger partial charge < -0.3 is 9.84 Å². The van der Waals surface area contributed by atoms with Gasteiger partial charge in [0.25, 0.3) is 5.79 Å². The van der Waals surface area contributed by atoms with E-state index in [1.54, 1.807) is 18.2 Å². The van der Waals surface area contributed by atoms with E-state index < -0.39 is 12.0 Å². The van der Waals surface area contributed by atoms with Crippen LogP contribution in [0.4, 0.5) is 13.2 Å².